The number of rotatable bonds is 27. The van der Waals surface area contributed by atoms with Crippen LogP contribution in [0.2, 0.25) is 0 Å². The number of hydrogen-bond acceptors (Lipinski definition) is 8. The first-order valence-electron chi connectivity index (χ1n) is 17.9. The van der Waals surface area contributed by atoms with Crippen molar-refractivity contribution in [1.82, 2.24) is 0 Å². The van der Waals surface area contributed by atoms with E-state index in [9.17, 15) is 15.0 Å². The molecule has 0 bridgehead atoms. The standard InChI is InChI=1S/C39H57O8P/c1-2-3-4-5-6-7-8-9-10-11-12-13-14-15-25-32-39(42)47-48(43-34-35(41)33-40,44-36-26-19-16-20-27-36,45-37-28-21-17-22-29-37)46-38-30-23-18-24-31-38/h16-24,26-31,35,40-41H,2-15,25,32-34H2,1H3. The van der Waals surface area contributed by atoms with E-state index in [0.717, 1.165) is 19.3 Å². The molecule has 9 heteroatoms. The van der Waals surface area contributed by atoms with Gasteiger partial charge in [-0.2, -0.15) is 0 Å². The Morgan fingerprint density at radius 3 is 1.29 bits per heavy atom. The van der Waals surface area contributed by atoms with Crippen LogP contribution < -0.4 is 13.6 Å². The summed E-state index contributed by atoms with van der Waals surface area (Å²) >= 11 is 0. The maximum atomic E-state index is 13.7. The van der Waals surface area contributed by atoms with E-state index in [2.05, 4.69) is 6.92 Å². The summed E-state index contributed by atoms with van der Waals surface area (Å²) in [4.78, 5) is 13.7. The van der Waals surface area contributed by atoms with Gasteiger partial charge in [0.25, 0.3) is 0 Å². The molecule has 8 nitrogen and oxygen atoms in total. The number of carbonyl (C=O) groups excluding carboxylic acids is 1. The molecule has 3 aromatic rings. The van der Waals surface area contributed by atoms with Crippen LogP contribution in [0.4, 0.5) is 0 Å². The monoisotopic (exact) mass is 684 g/mol. The third kappa shape index (κ3) is 14.9. The van der Waals surface area contributed by atoms with E-state index >= 15 is 0 Å². The van der Waals surface area contributed by atoms with E-state index < -0.39 is 33.0 Å². The number of carbonyl (C=O) groups is 1. The number of aliphatic hydroxyl groups excluding tert-OH is 2. The molecule has 0 heterocycles. The number of hydrogen-bond donors (Lipinski definition) is 2. The van der Waals surface area contributed by atoms with Crippen LogP contribution in [0.25, 0.3) is 0 Å². The summed E-state index contributed by atoms with van der Waals surface area (Å²) in [5, 5.41) is 20.0. The molecular formula is C39H57O8P. The number of aliphatic hydroxyl groups is 2. The Hall–Kier alpha value is -3.16. The van der Waals surface area contributed by atoms with Crippen molar-refractivity contribution in [1.29, 1.82) is 0 Å². The van der Waals surface area contributed by atoms with Crippen molar-refractivity contribution in [3.63, 3.8) is 0 Å². The van der Waals surface area contributed by atoms with Gasteiger partial charge in [-0.25, -0.2) is 0 Å². The van der Waals surface area contributed by atoms with Gasteiger partial charge in [0.2, 0.25) is 0 Å². The summed E-state index contributed by atoms with van der Waals surface area (Å²) in [5.41, 5.74) is 0. The summed E-state index contributed by atoms with van der Waals surface area (Å²) < 4.78 is 31.6. The third-order valence-corrected chi connectivity index (χ3v) is 10.5. The van der Waals surface area contributed by atoms with E-state index in [1.165, 1.54) is 70.6 Å². The van der Waals surface area contributed by atoms with E-state index in [-0.39, 0.29) is 23.7 Å². The quantitative estimate of drug-likeness (QED) is 0.0604. The first-order chi connectivity index (χ1) is 23.5. The number of para-hydroxylation sites is 3. The van der Waals surface area contributed by atoms with Crippen molar-refractivity contribution in [3.05, 3.63) is 91.0 Å². The van der Waals surface area contributed by atoms with Gasteiger partial charge in [-0.3, -0.25) is 0 Å². The Labute approximate surface area is 288 Å². The first-order valence-corrected chi connectivity index (χ1v) is 19.7. The molecule has 3 aromatic carbocycles. The SMILES string of the molecule is CCCCCCCCCCCCCCCCCC(=O)OP(OCC(O)CO)(Oc1ccccc1)(Oc1ccccc1)Oc1ccccc1. The molecule has 1 unspecified atom stereocenters. The predicted molar refractivity (Wildman–Crippen MR) is 193 cm³/mol. The molecule has 3 rings (SSSR count). The molecule has 0 amide bonds. The van der Waals surface area contributed by atoms with Crippen LogP contribution in [0.3, 0.4) is 0 Å². The molecule has 0 saturated heterocycles. The molecule has 0 aliphatic carbocycles. The average molecular weight is 685 g/mol. The fourth-order valence-corrected chi connectivity index (χ4v) is 7.96. The van der Waals surface area contributed by atoms with Gasteiger partial charge in [0.05, 0.1) is 0 Å². The normalized spacial score (nSPS) is 12.9. The van der Waals surface area contributed by atoms with Crippen LogP contribution in [0.15, 0.2) is 91.0 Å². The van der Waals surface area contributed by atoms with Crippen molar-refractivity contribution < 1.29 is 37.6 Å². The summed E-state index contributed by atoms with van der Waals surface area (Å²) in [6.45, 7) is 1.17. The van der Waals surface area contributed by atoms with Gasteiger partial charge in [-0.05, 0) is 0 Å². The van der Waals surface area contributed by atoms with Crippen molar-refractivity contribution in [2.24, 2.45) is 0 Å². The van der Waals surface area contributed by atoms with Crippen LogP contribution in [-0.4, -0.2) is 35.5 Å². The molecule has 0 saturated carbocycles. The Balaban J connectivity index is 1.65. The molecule has 266 valence electrons. The molecule has 0 spiro atoms. The van der Waals surface area contributed by atoms with Gasteiger partial charge >= 0.3 is 243 Å². The second-order valence-electron chi connectivity index (χ2n) is 12.3. The zero-order valence-corrected chi connectivity index (χ0v) is 29.7. The Morgan fingerprint density at radius 2 is 0.938 bits per heavy atom. The van der Waals surface area contributed by atoms with Crippen LogP contribution in [0, 0.1) is 0 Å². The minimum atomic E-state index is -5.46. The topological polar surface area (TPSA) is 104 Å². The Kier molecular flexibility index (Phi) is 18.4. The minimum absolute atomic E-state index is 0.0938. The summed E-state index contributed by atoms with van der Waals surface area (Å²) in [6.07, 6.45) is 17.0. The van der Waals surface area contributed by atoms with Crippen LogP contribution in [-0.2, 0) is 13.8 Å². The van der Waals surface area contributed by atoms with Gasteiger partial charge in [0.15, 0.2) is 0 Å². The van der Waals surface area contributed by atoms with Crippen LogP contribution in [0.5, 0.6) is 17.2 Å². The molecule has 1 atom stereocenters. The molecule has 2 N–H and O–H groups in total. The second kappa shape index (κ2) is 22.5. The van der Waals surface area contributed by atoms with Gasteiger partial charge in [0, 0.05) is 0 Å². The van der Waals surface area contributed by atoms with E-state index in [0.29, 0.717) is 6.42 Å². The average Bonchev–Trinajstić information content (AvgIpc) is 3.10. The van der Waals surface area contributed by atoms with Gasteiger partial charge < -0.3 is 0 Å². The summed E-state index contributed by atoms with van der Waals surface area (Å²) in [5.74, 6) is 0.171. The number of benzene rings is 3. The Bertz CT molecular complexity index is 1140. The molecule has 0 aliphatic rings. The predicted octanol–water partition coefficient (Wildman–Crippen LogP) is 10.5. The molecule has 0 radical (unpaired) electrons. The molecule has 0 aromatic heterocycles. The van der Waals surface area contributed by atoms with E-state index in [1.807, 2.05) is 18.2 Å². The zero-order valence-electron chi connectivity index (χ0n) is 28.8. The summed E-state index contributed by atoms with van der Waals surface area (Å²) in [7, 11) is -5.46. The zero-order chi connectivity index (χ0) is 34.2. The summed E-state index contributed by atoms with van der Waals surface area (Å²) in [6, 6.07) is 26.0. The number of unbranched alkanes of at least 4 members (excludes halogenated alkanes) is 14. The fourth-order valence-electron chi connectivity index (χ4n) is 5.29. The van der Waals surface area contributed by atoms with E-state index in [4.69, 9.17) is 22.6 Å². The third-order valence-electron chi connectivity index (χ3n) is 7.92. The van der Waals surface area contributed by atoms with E-state index in [1.54, 1.807) is 72.8 Å². The molecule has 0 aliphatic heterocycles. The van der Waals surface area contributed by atoms with Crippen molar-refractivity contribution in [2.75, 3.05) is 13.2 Å². The van der Waals surface area contributed by atoms with Crippen LogP contribution >= 0.6 is 7.74 Å². The van der Waals surface area contributed by atoms with Gasteiger partial charge in [0.1, 0.15) is 0 Å². The second-order valence-corrected chi connectivity index (χ2v) is 14.7. The van der Waals surface area contributed by atoms with Crippen molar-refractivity contribution in [3.8, 4) is 17.2 Å². The molecular weight excluding hydrogens is 627 g/mol. The fraction of sp³-hybridized carbons (Fsp3) is 0.513. The molecule has 0 fully saturated rings. The Morgan fingerprint density at radius 1 is 0.583 bits per heavy atom. The first kappa shape index (κ1) is 39.3. The van der Waals surface area contributed by atoms with Gasteiger partial charge in [-0.15, -0.1) is 0 Å². The van der Waals surface area contributed by atoms with Crippen LogP contribution in [0.1, 0.15) is 110 Å². The van der Waals surface area contributed by atoms with Gasteiger partial charge in [-0.1, -0.05) is 45.4 Å². The van der Waals surface area contributed by atoms with Crippen molar-refractivity contribution >= 4 is 13.7 Å². The van der Waals surface area contributed by atoms with Crippen molar-refractivity contribution in [2.45, 2.75) is 116 Å². The molecule has 48 heavy (non-hydrogen) atoms. The maximum absolute atomic E-state index is 13.7.